The van der Waals surface area contributed by atoms with E-state index in [0.29, 0.717) is 31.7 Å². The monoisotopic (exact) mass is 231 g/mol. The Hall–Kier alpha value is -1.48. The quantitative estimate of drug-likeness (QED) is 0.746. The van der Waals surface area contributed by atoms with Gasteiger partial charge in [0.25, 0.3) is 0 Å². The number of piperidine rings is 1. The van der Waals surface area contributed by atoms with Crippen molar-refractivity contribution in [2.75, 3.05) is 13.1 Å². The minimum absolute atomic E-state index is 0.134. The Morgan fingerprint density at radius 2 is 1.76 bits per heavy atom. The molecule has 3 nitrogen and oxygen atoms in total. The van der Waals surface area contributed by atoms with Crippen LogP contribution in [0.3, 0.4) is 0 Å². The van der Waals surface area contributed by atoms with Gasteiger partial charge in [0.15, 0.2) is 5.78 Å². The number of rotatable bonds is 3. The molecule has 17 heavy (non-hydrogen) atoms. The van der Waals surface area contributed by atoms with Gasteiger partial charge in [-0.2, -0.15) is 0 Å². The molecular weight excluding hydrogens is 214 g/mol. The largest absolute Gasteiger partial charge is 0.300 e. The summed E-state index contributed by atoms with van der Waals surface area (Å²) in [6.45, 7) is 3.34. The number of Topliss-reactive ketones (excluding diaryl/α,β-unsaturated/α-hetero) is 2. The third-order valence-electron chi connectivity index (χ3n) is 3.34. The molecule has 0 N–H and O–H groups in total. The minimum Gasteiger partial charge on any atom is -0.300 e. The standard InChI is InChI=1S/C14H17NO2/c1-11(15-9-7-13(16)8-10-15)14(17)12-5-3-2-4-6-12/h2-6,11H,7-10H2,1H3. The molecular formula is C14H17NO2. The van der Waals surface area contributed by atoms with Gasteiger partial charge in [0, 0.05) is 31.5 Å². The van der Waals surface area contributed by atoms with Gasteiger partial charge < -0.3 is 0 Å². The van der Waals surface area contributed by atoms with Crippen molar-refractivity contribution in [2.45, 2.75) is 25.8 Å². The highest BCUT2D eigenvalue weighted by Crippen LogP contribution is 2.13. The summed E-state index contributed by atoms with van der Waals surface area (Å²) in [5, 5.41) is 0. The highest BCUT2D eigenvalue weighted by Gasteiger charge is 2.25. The van der Waals surface area contributed by atoms with E-state index in [1.165, 1.54) is 0 Å². The van der Waals surface area contributed by atoms with Gasteiger partial charge in [-0.05, 0) is 6.92 Å². The fraction of sp³-hybridized carbons (Fsp3) is 0.429. The van der Waals surface area contributed by atoms with Crippen molar-refractivity contribution in [3.8, 4) is 0 Å². The Labute approximate surface area is 101 Å². The van der Waals surface area contributed by atoms with Crippen LogP contribution < -0.4 is 0 Å². The molecule has 1 fully saturated rings. The lowest BCUT2D eigenvalue weighted by Gasteiger charge is -2.30. The number of likely N-dealkylation sites (tertiary alicyclic amines) is 1. The summed E-state index contributed by atoms with van der Waals surface area (Å²) >= 11 is 0. The molecule has 0 radical (unpaired) electrons. The van der Waals surface area contributed by atoms with Crippen LogP contribution in [0.1, 0.15) is 30.1 Å². The van der Waals surface area contributed by atoms with Crippen molar-refractivity contribution in [3.05, 3.63) is 35.9 Å². The van der Waals surface area contributed by atoms with Crippen molar-refractivity contribution in [1.29, 1.82) is 0 Å². The van der Waals surface area contributed by atoms with E-state index in [-0.39, 0.29) is 11.8 Å². The van der Waals surface area contributed by atoms with E-state index in [9.17, 15) is 9.59 Å². The first kappa shape index (κ1) is 12.0. The number of hydrogen-bond donors (Lipinski definition) is 0. The number of carbonyl (C=O) groups is 2. The van der Waals surface area contributed by atoms with Crippen LogP contribution in [-0.4, -0.2) is 35.6 Å². The van der Waals surface area contributed by atoms with Gasteiger partial charge in [-0.1, -0.05) is 30.3 Å². The summed E-state index contributed by atoms with van der Waals surface area (Å²) < 4.78 is 0. The lowest BCUT2D eigenvalue weighted by atomic mass is 10.0. The lowest BCUT2D eigenvalue weighted by molar-refractivity contribution is -0.121. The Balaban J connectivity index is 2.03. The van der Waals surface area contributed by atoms with Gasteiger partial charge in [-0.15, -0.1) is 0 Å². The van der Waals surface area contributed by atoms with Crippen LogP contribution in [0.5, 0.6) is 0 Å². The van der Waals surface area contributed by atoms with Crippen molar-refractivity contribution in [1.82, 2.24) is 4.90 Å². The summed E-state index contributed by atoms with van der Waals surface area (Å²) in [5.74, 6) is 0.445. The first-order chi connectivity index (χ1) is 8.18. The molecule has 1 aliphatic heterocycles. The van der Waals surface area contributed by atoms with Crippen molar-refractivity contribution in [2.24, 2.45) is 0 Å². The van der Waals surface area contributed by atoms with Gasteiger partial charge in [0.1, 0.15) is 5.78 Å². The zero-order chi connectivity index (χ0) is 12.3. The summed E-state index contributed by atoms with van der Waals surface area (Å²) in [5.41, 5.74) is 0.747. The van der Waals surface area contributed by atoms with Gasteiger partial charge in [-0.3, -0.25) is 14.5 Å². The van der Waals surface area contributed by atoms with E-state index in [0.717, 1.165) is 5.56 Å². The number of hydrogen-bond acceptors (Lipinski definition) is 3. The molecule has 0 spiro atoms. The van der Waals surface area contributed by atoms with Gasteiger partial charge in [0.2, 0.25) is 0 Å². The van der Waals surface area contributed by atoms with Crippen LogP contribution in [0.15, 0.2) is 30.3 Å². The van der Waals surface area contributed by atoms with Gasteiger partial charge in [0.05, 0.1) is 6.04 Å². The SMILES string of the molecule is CC(C(=O)c1ccccc1)N1CCC(=O)CC1. The average molecular weight is 231 g/mol. The first-order valence-corrected chi connectivity index (χ1v) is 6.03. The summed E-state index contributed by atoms with van der Waals surface area (Å²) in [6, 6.07) is 9.20. The Morgan fingerprint density at radius 1 is 1.18 bits per heavy atom. The van der Waals surface area contributed by atoms with Crippen molar-refractivity contribution in [3.63, 3.8) is 0 Å². The van der Waals surface area contributed by atoms with Gasteiger partial charge >= 0.3 is 0 Å². The normalized spacial score (nSPS) is 19.0. The zero-order valence-corrected chi connectivity index (χ0v) is 10.1. The number of benzene rings is 1. The molecule has 0 aliphatic carbocycles. The Morgan fingerprint density at radius 3 is 2.35 bits per heavy atom. The molecule has 1 saturated heterocycles. The van der Waals surface area contributed by atoms with Crippen molar-refractivity contribution < 1.29 is 9.59 Å². The molecule has 3 heteroatoms. The van der Waals surface area contributed by atoms with E-state index in [2.05, 4.69) is 4.90 Å². The molecule has 1 aromatic rings. The highest BCUT2D eigenvalue weighted by molar-refractivity contribution is 5.99. The molecule has 1 heterocycles. The third-order valence-corrected chi connectivity index (χ3v) is 3.34. The smallest absolute Gasteiger partial charge is 0.179 e. The zero-order valence-electron chi connectivity index (χ0n) is 10.1. The van der Waals surface area contributed by atoms with E-state index < -0.39 is 0 Å². The summed E-state index contributed by atoms with van der Waals surface area (Å²) in [4.78, 5) is 25.5. The maximum Gasteiger partial charge on any atom is 0.179 e. The molecule has 1 aliphatic rings. The Bertz CT molecular complexity index is 403. The minimum atomic E-state index is -0.134. The van der Waals surface area contributed by atoms with Crippen LogP contribution in [0.4, 0.5) is 0 Å². The predicted molar refractivity (Wildman–Crippen MR) is 66.0 cm³/mol. The van der Waals surface area contributed by atoms with Crippen LogP contribution in [0.2, 0.25) is 0 Å². The van der Waals surface area contributed by atoms with E-state index >= 15 is 0 Å². The van der Waals surface area contributed by atoms with E-state index in [1.807, 2.05) is 37.3 Å². The molecule has 0 bridgehead atoms. The molecule has 0 aromatic heterocycles. The van der Waals surface area contributed by atoms with Gasteiger partial charge in [-0.25, -0.2) is 0 Å². The maximum atomic E-state index is 12.2. The second kappa shape index (κ2) is 5.23. The van der Waals surface area contributed by atoms with Crippen LogP contribution in [-0.2, 0) is 4.79 Å². The maximum absolute atomic E-state index is 12.2. The van der Waals surface area contributed by atoms with Crippen LogP contribution in [0, 0.1) is 0 Å². The summed E-state index contributed by atoms with van der Waals surface area (Å²) in [6.07, 6.45) is 1.15. The molecule has 2 rings (SSSR count). The number of ketones is 2. The molecule has 90 valence electrons. The number of nitrogens with zero attached hydrogens (tertiary/aromatic N) is 1. The molecule has 1 aromatic carbocycles. The Kier molecular flexibility index (Phi) is 3.69. The fourth-order valence-corrected chi connectivity index (χ4v) is 2.17. The lowest BCUT2D eigenvalue weighted by Crippen LogP contribution is -2.44. The topological polar surface area (TPSA) is 37.4 Å². The predicted octanol–water partition coefficient (Wildman–Crippen LogP) is 1.92. The van der Waals surface area contributed by atoms with E-state index in [4.69, 9.17) is 0 Å². The number of carbonyl (C=O) groups excluding carboxylic acids is 2. The molecule has 0 saturated carbocycles. The van der Waals surface area contributed by atoms with E-state index in [1.54, 1.807) is 0 Å². The second-order valence-electron chi connectivity index (χ2n) is 4.48. The summed E-state index contributed by atoms with van der Waals surface area (Å²) in [7, 11) is 0. The molecule has 1 unspecified atom stereocenters. The van der Waals surface area contributed by atoms with Crippen LogP contribution >= 0.6 is 0 Å². The fourth-order valence-electron chi connectivity index (χ4n) is 2.17. The van der Waals surface area contributed by atoms with Crippen LogP contribution in [0.25, 0.3) is 0 Å². The first-order valence-electron chi connectivity index (χ1n) is 6.03. The second-order valence-corrected chi connectivity index (χ2v) is 4.48. The highest BCUT2D eigenvalue weighted by atomic mass is 16.1. The molecule has 1 atom stereocenters. The molecule has 0 amide bonds. The average Bonchev–Trinajstić information content (AvgIpc) is 2.39. The third kappa shape index (κ3) is 2.80. The van der Waals surface area contributed by atoms with Crippen molar-refractivity contribution >= 4 is 11.6 Å².